The first-order valence-electron chi connectivity index (χ1n) is 11.2. The summed E-state index contributed by atoms with van der Waals surface area (Å²) in [5.74, 6) is 1.22. The highest BCUT2D eigenvalue weighted by Crippen LogP contribution is 2.38. The molecule has 0 saturated carbocycles. The van der Waals surface area contributed by atoms with Gasteiger partial charge in [-0.2, -0.15) is 0 Å². The number of amides is 2. The normalized spacial score (nSPS) is 14.2. The van der Waals surface area contributed by atoms with Crippen molar-refractivity contribution in [3.05, 3.63) is 47.5 Å². The number of hydrogen-bond acceptors (Lipinski definition) is 7. The molecule has 1 saturated heterocycles. The van der Waals surface area contributed by atoms with Crippen LogP contribution in [0.5, 0.6) is 23.0 Å². The van der Waals surface area contributed by atoms with Crippen molar-refractivity contribution < 1.29 is 28.5 Å². The molecule has 1 fully saturated rings. The Morgan fingerprint density at radius 3 is 2.18 bits per heavy atom. The van der Waals surface area contributed by atoms with Gasteiger partial charge in [-0.3, -0.25) is 14.5 Å². The largest absolute Gasteiger partial charge is 0.497 e. The zero-order chi connectivity index (χ0) is 24.5. The average Bonchev–Trinajstić information content (AvgIpc) is 3.41. The van der Waals surface area contributed by atoms with Gasteiger partial charge in [-0.05, 0) is 55.8 Å². The zero-order valence-electron chi connectivity index (χ0n) is 20.2. The smallest absolute Gasteiger partial charge is 0.251 e. The van der Waals surface area contributed by atoms with Crippen LogP contribution in [-0.4, -0.2) is 71.3 Å². The highest BCUT2D eigenvalue weighted by atomic mass is 16.5. The summed E-state index contributed by atoms with van der Waals surface area (Å²) >= 11 is 0. The van der Waals surface area contributed by atoms with E-state index in [-0.39, 0.29) is 18.5 Å². The maximum atomic E-state index is 12.7. The number of hydrogen-bond donors (Lipinski definition) is 2. The van der Waals surface area contributed by atoms with E-state index in [4.69, 9.17) is 18.9 Å². The fourth-order valence-electron chi connectivity index (χ4n) is 4.11. The topological polar surface area (TPSA) is 98.4 Å². The van der Waals surface area contributed by atoms with E-state index in [0.29, 0.717) is 29.4 Å². The summed E-state index contributed by atoms with van der Waals surface area (Å²) in [6.07, 6.45) is 2.28. The lowest BCUT2D eigenvalue weighted by atomic mass is 10.0. The Labute approximate surface area is 200 Å². The van der Waals surface area contributed by atoms with E-state index in [1.165, 1.54) is 21.3 Å². The maximum absolute atomic E-state index is 12.7. The predicted molar refractivity (Wildman–Crippen MR) is 128 cm³/mol. The maximum Gasteiger partial charge on any atom is 0.251 e. The van der Waals surface area contributed by atoms with Gasteiger partial charge in [0, 0.05) is 12.1 Å². The van der Waals surface area contributed by atoms with Crippen molar-refractivity contribution in [2.45, 2.75) is 18.9 Å². The molecule has 0 aliphatic carbocycles. The molecule has 184 valence electrons. The Kier molecular flexibility index (Phi) is 8.98. The molecular formula is C25H33N3O6. The van der Waals surface area contributed by atoms with Crippen molar-refractivity contribution in [2.24, 2.45) is 0 Å². The Bertz CT molecular complexity index is 965. The Morgan fingerprint density at radius 2 is 1.59 bits per heavy atom. The lowest BCUT2D eigenvalue weighted by Gasteiger charge is -2.28. The van der Waals surface area contributed by atoms with Crippen LogP contribution >= 0.6 is 0 Å². The summed E-state index contributed by atoms with van der Waals surface area (Å²) < 4.78 is 21.2. The van der Waals surface area contributed by atoms with E-state index in [0.717, 1.165) is 37.2 Å². The molecule has 0 spiro atoms. The summed E-state index contributed by atoms with van der Waals surface area (Å²) in [5, 5.41) is 5.61. The first kappa shape index (κ1) is 25.2. The lowest BCUT2D eigenvalue weighted by molar-refractivity contribution is -0.120. The van der Waals surface area contributed by atoms with Crippen molar-refractivity contribution in [2.75, 3.05) is 54.6 Å². The molecule has 1 heterocycles. The number of carbonyl (C=O) groups excluding carboxylic acids is 2. The average molecular weight is 472 g/mol. The van der Waals surface area contributed by atoms with Crippen LogP contribution in [0.2, 0.25) is 0 Å². The summed E-state index contributed by atoms with van der Waals surface area (Å²) in [6, 6.07) is 11.0. The minimum atomic E-state index is -0.418. The van der Waals surface area contributed by atoms with Crippen LogP contribution in [0.15, 0.2) is 36.4 Å². The molecular weight excluding hydrogens is 438 g/mol. The van der Waals surface area contributed by atoms with Gasteiger partial charge in [0.2, 0.25) is 11.7 Å². The van der Waals surface area contributed by atoms with Gasteiger partial charge in [-0.1, -0.05) is 12.1 Å². The van der Waals surface area contributed by atoms with Crippen LogP contribution in [0.1, 0.15) is 34.8 Å². The fraction of sp³-hybridized carbons (Fsp3) is 0.440. The van der Waals surface area contributed by atoms with E-state index in [1.54, 1.807) is 19.2 Å². The SMILES string of the molecule is COc1cccc(C(CNC(=O)CNC(=O)c2cc(OC)c(OC)c(OC)c2)N2CCCC2)c1. The molecule has 2 aromatic carbocycles. The first-order valence-corrected chi connectivity index (χ1v) is 11.2. The van der Waals surface area contributed by atoms with Gasteiger partial charge in [0.1, 0.15) is 5.75 Å². The van der Waals surface area contributed by atoms with Gasteiger partial charge >= 0.3 is 0 Å². The summed E-state index contributed by atoms with van der Waals surface area (Å²) in [7, 11) is 6.09. The second kappa shape index (κ2) is 12.1. The lowest BCUT2D eigenvalue weighted by Crippen LogP contribution is -2.41. The van der Waals surface area contributed by atoms with Crippen molar-refractivity contribution >= 4 is 11.8 Å². The van der Waals surface area contributed by atoms with Crippen LogP contribution in [0.3, 0.4) is 0 Å². The molecule has 0 bridgehead atoms. The number of carbonyl (C=O) groups is 2. The first-order chi connectivity index (χ1) is 16.5. The van der Waals surface area contributed by atoms with Gasteiger partial charge in [0.05, 0.1) is 41.0 Å². The van der Waals surface area contributed by atoms with E-state index in [1.807, 2.05) is 24.3 Å². The minimum Gasteiger partial charge on any atom is -0.497 e. The van der Waals surface area contributed by atoms with E-state index in [2.05, 4.69) is 15.5 Å². The third-order valence-electron chi connectivity index (χ3n) is 5.89. The van der Waals surface area contributed by atoms with Crippen molar-refractivity contribution in [1.82, 2.24) is 15.5 Å². The zero-order valence-corrected chi connectivity index (χ0v) is 20.2. The molecule has 9 heteroatoms. The van der Waals surface area contributed by atoms with Crippen LogP contribution in [0, 0.1) is 0 Å². The van der Waals surface area contributed by atoms with Gasteiger partial charge in [-0.15, -0.1) is 0 Å². The molecule has 2 amide bonds. The monoisotopic (exact) mass is 471 g/mol. The van der Waals surface area contributed by atoms with Crippen molar-refractivity contribution in [3.63, 3.8) is 0 Å². The minimum absolute atomic E-state index is 0.0346. The van der Waals surface area contributed by atoms with E-state index >= 15 is 0 Å². The molecule has 9 nitrogen and oxygen atoms in total. The molecule has 34 heavy (non-hydrogen) atoms. The molecule has 2 N–H and O–H groups in total. The number of benzene rings is 2. The van der Waals surface area contributed by atoms with Crippen LogP contribution in [0.4, 0.5) is 0 Å². The van der Waals surface area contributed by atoms with Crippen LogP contribution < -0.4 is 29.6 Å². The molecule has 0 radical (unpaired) electrons. The van der Waals surface area contributed by atoms with Crippen molar-refractivity contribution in [3.8, 4) is 23.0 Å². The number of nitrogens with one attached hydrogen (secondary N) is 2. The quantitative estimate of drug-likeness (QED) is 0.519. The molecule has 1 aliphatic heterocycles. The van der Waals surface area contributed by atoms with Crippen LogP contribution in [0.25, 0.3) is 0 Å². The van der Waals surface area contributed by atoms with Crippen molar-refractivity contribution in [1.29, 1.82) is 0 Å². The molecule has 3 rings (SSSR count). The summed E-state index contributed by atoms with van der Waals surface area (Å²) in [4.78, 5) is 27.6. The highest BCUT2D eigenvalue weighted by Gasteiger charge is 2.24. The second-order valence-electron chi connectivity index (χ2n) is 7.94. The van der Waals surface area contributed by atoms with Gasteiger partial charge < -0.3 is 29.6 Å². The number of ether oxygens (including phenoxy) is 4. The molecule has 1 atom stereocenters. The molecule has 1 unspecified atom stereocenters. The third kappa shape index (κ3) is 6.11. The second-order valence-corrected chi connectivity index (χ2v) is 7.94. The van der Waals surface area contributed by atoms with Gasteiger partial charge in [0.25, 0.3) is 5.91 Å². The van der Waals surface area contributed by atoms with E-state index in [9.17, 15) is 9.59 Å². The number of rotatable bonds is 11. The van der Waals surface area contributed by atoms with Crippen LogP contribution in [-0.2, 0) is 4.79 Å². The Balaban J connectivity index is 1.61. The number of methoxy groups -OCH3 is 4. The predicted octanol–water partition coefficient (Wildman–Crippen LogP) is 2.40. The third-order valence-corrected chi connectivity index (χ3v) is 5.89. The molecule has 0 aromatic heterocycles. The van der Waals surface area contributed by atoms with Gasteiger partial charge in [-0.25, -0.2) is 0 Å². The Morgan fingerprint density at radius 1 is 0.912 bits per heavy atom. The molecule has 2 aromatic rings. The highest BCUT2D eigenvalue weighted by molar-refractivity contribution is 5.97. The standard InChI is InChI=1S/C25H33N3O6/c1-31-19-9-7-8-17(12-19)20(28-10-5-6-11-28)15-26-23(29)16-27-25(30)18-13-21(32-2)24(34-4)22(14-18)33-3/h7-9,12-14,20H,5-6,10-11,15-16H2,1-4H3,(H,26,29)(H,27,30). The van der Waals surface area contributed by atoms with E-state index < -0.39 is 5.91 Å². The fourth-order valence-corrected chi connectivity index (χ4v) is 4.11. The molecule has 1 aliphatic rings. The summed E-state index contributed by atoms with van der Waals surface area (Å²) in [6.45, 7) is 2.25. The number of likely N-dealkylation sites (tertiary alicyclic amines) is 1. The number of nitrogens with zero attached hydrogens (tertiary/aromatic N) is 1. The van der Waals surface area contributed by atoms with Gasteiger partial charge in [0.15, 0.2) is 11.5 Å². The Hall–Kier alpha value is -3.46. The summed E-state index contributed by atoms with van der Waals surface area (Å²) in [5.41, 5.74) is 1.39.